The van der Waals surface area contributed by atoms with Gasteiger partial charge < -0.3 is 10.0 Å². The van der Waals surface area contributed by atoms with E-state index >= 15 is 0 Å². The molecule has 0 aromatic carbocycles. The fraction of sp³-hybridized carbons (Fsp3) is 0.500. The molecule has 0 atom stereocenters. The Morgan fingerprint density at radius 3 is 2.80 bits per heavy atom. The second-order valence-electron chi connectivity index (χ2n) is 4.73. The van der Waals surface area contributed by atoms with E-state index in [1.165, 1.54) is 6.20 Å². The van der Waals surface area contributed by atoms with E-state index in [9.17, 15) is 14.9 Å². The molecule has 1 aromatic rings. The third-order valence-electron chi connectivity index (χ3n) is 3.24. The zero-order valence-electron chi connectivity index (χ0n) is 10.9. The monoisotopic (exact) mass is 343 g/mol. The summed E-state index contributed by atoms with van der Waals surface area (Å²) in [5, 5.41) is 19.7. The maximum absolute atomic E-state index is 10.9. The number of anilines is 1. The van der Waals surface area contributed by atoms with Gasteiger partial charge in [-0.05, 0) is 35.7 Å². The number of rotatable bonds is 6. The van der Waals surface area contributed by atoms with Crippen molar-refractivity contribution in [3.63, 3.8) is 0 Å². The summed E-state index contributed by atoms with van der Waals surface area (Å²) in [6.45, 7) is 2.00. The highest BCUT2D eigenvalue weighted by Crippen LogP contribution is 2.38. The number of aliphatic carboxylic acids is 1. The maximum atomic E-state index is 10.9. The third kappa shape index (κ3) is 3.06. The van der Waals surface area contributed by atoms with Gasteiger partial charge in [-0.15, -0.1) is 0 Å². The van der Waals surface area contributed by atoms with E-state index in [0.29, 0.717) is 22.4 Å². The first-order valence-corrected chi connectivity index (χ1v) is 6.99. The van der Waals surface area contributed by atoms with Crippen LogP contribution in [-0.4, -0.2) is 33.6 Å². The Hall–Kier alpha value is -1.70. The van der Waals surface area contributed by atoms with Gasteiger partial charge in [0.05, 0.1) is 15.8 Å². The van der Waals surface area contributed by atoms with Crippen LogP contribution in [0.2, 0.25) is 0 Å². The summed E-state index contributed by atoms with van der Waals surface area (Å²) >= 11 is 3.35. The van der Waals surface area contributed by atoms with Gasteiger partial charge in [-0.3, -0.25) is 14.9 Å². The largest absolute Gasteiger partial charge is 0.481 e. The van der Waals surface area contributed by atoms with Crippen molar-refractivity contribution in [2.24, 2.45) is 0 Å². The van der Waals surface area contributed by atoms with Crippen LogP contribution in [0, 0.1) is 17.0 Å². The molecule has 0 unspecified atom stereocenters. The molecule has 1 saturated carbocycles. The predicted octanol–water partition coefficient (Wildman–Crippen LogP) is 2.50. The van der Waals surface area contributed by atoms with Crippen molar-refractivity contribution in [2.75, 3.05) is 11.4 Å². The highest BCUT2D eigenvalue weighted by molar-refractivity contribution is 9.10. The molecular formula is C12H14BrN3O4. The highest BCUT2D eigenvalue weighted by Gasteiger charge is 2.32. The third-order valence-corrected chi connectivity index (χ3v) is 4.19. The second kappa shape index (κ2) is 5.74. The van der Waals surface area contributed by atoms with Crippen molar-refractivity contribution >= 4 is 33.4 Å². The average molecular weight is 344 g/mol. The molecular weight excluding hydrogens is 330 g/mol. The molecule has 1 N–H and O–H groups in total. The Morgan fingerprint density at radius 1 is 1.65 bits per heavy atom. The molecule has 0 bridgehead atoms. The number of aromatic nitrogens is 1. The Kier molecular flexibility index (Phi) is 4.22. The van der Waals surface area contributed by atoms with Gasteiger partial charge in [-0.1, -0.05) is 0 Å². The van der Waals surface area contributed by atoms with Crippen LogP contribution in [-0.2, 0) is 4.79 Å². The number of halogens is 1. The number of hydrogen-bond acceptors (Lipinski definition) is 5. The predicted molar refractivity (Wildman–Crippen MR) is 75.9 cm³/mol. The molecule has 8 heteroatoms. The Labute approximate surface area is 123 Å². The number of nitro groups is 1. The summed E-state index contributed by atoms with van der Waals surface area (Å²) in [5.74, 6) is -0.290. The first-order chi connectivity index (χ1) is 9.41. The second-order valence-corrected chi connectivity index (χ2v) is 5.52. The first kappa shape index (κ1) is 14.7. The van der Waals surface area contributed by atoms with Crippen molar-refractivity contribution in [1.29, 1.82) is 0 Å². The SMILES string of the molecule is Cc1c([N+](=O)[O-])cnc(N(CCC(=O)O)C2CC2)c1Br. The summed E-state index contributed by atoms with van der Waals surface area (Å²) in [5.41, 5.74) is 0.454. The van der Waals surface area contributed by atoms with Crippen LogP contribution in [0.1, 0.15) is 24.8 Å². The number of pyridine rings is 1. The van der Waals surface area contributed by atoms with E-state index in [-0.39, 0.29) is 18.2 Å². The normalized spacial score (nSPS) is 14.1. The first-order valence-electron chi connectivity index (χ1n) is 6.19. The zero-order chi connectivity index (χ0) is 14.9. The number of hydrogen-bond donors (Lipinski definition) is 1. The standard InChI is InChI=1S/C12H14BrN3O4/c1-7-9(16(19)20)6-14-12(11(7)13)15(8-2-3-8)5-4-10(17)18/h6,8H,2-5H2,1H3,(H,17,18). The van der Waals surface area contributed by atoms with E-state index in [2.05, 4.69) is 20.9 Å². The highest BCUT2D eigenvalue weighted by atomic mass is 79.9. The van der Waals surface area contributed by atoms with Crippen LogP contribution in [0.15, 0.2) is 10.7 Å². The minimum Gasteiger partial charge on any atom is -0.481 e. The molecule has 20 heavy (non-hydrogen) atoms. The molecule has 1 aliphatic rings. The van der Waals surface area contributed by atoms with E-state index in [4.69, 9.17) is 5.11 Å². The summed E-state index contributed by atoms with van der Waals surface area (Å²) < 4.78 is 0.559. The zero-order valence-corrected chi connectivity index (χ0v) is 12.5. The topological polar surface area (TPSA) is 96.6 Å². The van der Waals surface area contributed by atoms with Crippen molar-refractivity contribution < 1.29 is 14.8 Å². The molecule has 1 aliphatic carbocycles. The van der Waals surface area contributed by atoms with Gasteiger partial charge in [0.15, 0.2) is 0 Å². The Balaban J connectivity index is 2.31. The smallest absolute Gasteiger partial charge is 0.305 e. The number of nitrogens with zero attached hydrogens (tertiary/aromatic N) is 3. The molecule has 1 aromatic heterocycles. The minimum atomic E-state index is -0.870. The van der Waals surface area contributed by atoms with Crippen molar-refractivity contribution in [3.8, 4) is 0 Å². The van der Waals surface area contributed by atoms with Gasteiger partial charge in [-0.25, -0.2) is 4.98 Å². The quantitative estimate of drug-likeness (QED) is 0.629. The van der Waals surface area contributed by atoms with E-state index in [0.717, 1.165) is 12.8 Å². The molecule has 2 rings (SSSR count). The molecule has 7 nitrogen and oxygen atoms in total. The molecule has 0 spiro atoms. The van der Waals surface area contributed by atoms with Crippen molar-refractivity contribution in [1.82, 2.24) is 4.98 Å². The lowest BCUT2D eigenvalue weighted by atomic mass is 10.2. The Morgan fingerprint density at radius 2 is 2.30 bits per heavy atom. The van der Waals surface area contributed by atoms with Gasteiger partial charge in [0.1, 0.15) is 12.0 Å². The van der Waals surface area contributed by atoms with Gasteiger partial charge >= 0.3 is 5.97 Å². The molecule has 1 fully saturated rings. The summed E-state index contributed by atoms with van der Waals surface area (Å²) in [6.07, 6.45) is 3.22. The maximum Gasteiger partial charge on any atom is 0.305 e. The van der Waals surface area contributed by atoms with Crippen molar-refractivity contribution in [3.05, 3.63) is 26.3 Å². The molecule has 108 valence electrons. The minimum absolute atomic E-state index is 0.0145. The number of carboxylic acid groups (broad SMARTS) is 1. The summed E-state index contributed by atoms with van der Waals surface area (Å²) in [7, 11) is 0. The van der Waals surface area contributed by atoms with Gasteiger partial charge in [0.2, 0.25) is 0 Å². The van der Waals surface area contributed by atoms with Crippen LogP contribution >= 0.6 is 15.9 Å². The van der Waals surface area contributed by atoms with E-state index in [1.807, 2.05) is 4.90 Å². The Bertz CT molecular complexity index is 560. The van der Waals surface area contributed by atoms with Crippen LogP contribution in [0.5, 0.6) is 0 Å². The average Bonchev–Trinajstić information content (AvgIpc) is 3.18. The van der Waals surface area contributed by atoms with Crippen LogP contribution in [0.4, 0.5) is 11.5 Å². The molecule has 0 radical (unpaired) electrons. The molecule has 0 saturated heterocycles. The lowest BCUT2D eigenvalue weighted by Crippen LogP contribution is -2.29. The summed E-state index contributed by atoms with van der Waals surface area (Å²) in [4.78, 5) is 27.2. The lowest BCUT2D eigenvalue weighted by molar-refractivity contribution is -0.385. The molecule has 0 aliphatic heterocycles. The lowest BCUT2D eigenvalue weighted by Gasteiger charge is -2.24. The van der Waals surface area contributed by atoms with Crippen LogP contribution in [0.25, 0.3) is 0 Å². The fourth-order valence-corrected chi connectivity index (χ4v) is 2.54. The van der Waals surface area contributed by atoms with Crippen LogP contribution < -0.4 is 4.90 Å². The van der Waals surface area contributed by atoms with Crippen molar-refractivity contribution in [2.45, 2.75) is 32.2 Å². The van der Waals surface area contributed by atoms with E-state index in [1.54, 1.807) is 6.92 Å². The van der Waals surface area contributed by atoms with Gasteiger partial charge in [0, 0.05) is 18.2 Å². The fourth-order valence-electron chi connectivity index (χ4n) is 2.00. The van der Waals surface area contributed by atoms with Gasteiger partial charge in [0.25, 0.3) is 5.69 Å². The molecule has 1 heterocycles. The summed E-state index contributed by atoms with van der Waals surface area (Å²) in [6, 6.07) is 0.277. The van der Waals surface area contributed by atoms with E-state index < -0.39 is 10.9 Å². The van der Waals surface area contributed by atoms with Gasteiger partial charge in [-0.2, -0.15) is 0 Å². The van der Waals surface area contributed by atoms with Crippen LogP contribution in [0.3, 0.4) is 0 Å². The number of carboxylic acids is 1. The molecule has 0 amide bonds. The number of carbonyl (C=O) groups is 1.